The maximum Gasteiger partial charge on any atom is 0.152 e. The molecule has 0 saturated heterocycles. The minimum Gasteiger partial charge on any atom is -0.483 e. The van der Waals surface area contributed by atoms with Crippen molar-refractivity contribution >= 4 is 5.84 Å². The molecule has 0 saturated carbocycles. The minimum atomic E-state index is 0.00278. The van der Waals surface area contributed by atoms with Crippen LogP contribution in [0.1, 0.15) is 18.1 Å². The van der Waals surface area contributed by atoms with Crippen LogP contribution in [0.25, 0.3) is 0 Å². The summed E-state index contributed by atoms with van der Waals surface area (Å²) in [4.78, 5) is 4.36. The van der Waals surface area contributed by atoms with Crippen molar-refractivity contribution in [1.29, 1.82) is 0 Å². The molecule has 1 N–H and O–H groups in total. The Bertz CT molecular complexity index is 412. The van der Waals surface area contributed by atoms with E-state index in [4.69, 9.17) is 4.74 Å². The summed E-state index contributed by atoms with van der Waals surface area (Å²) in [5, 5.41) is 3.24. The topological polar surface area (TPSA) is 33.6 Å². The summed E-state index contributed by atoms with van der Waals surface area (Å²) in [5.41, 5.74) is 2.46. The van der Waals surface area contributed by atoms with Gasteiger partial charge < -0.3 is 10.1 Å². The molecule has 0 fully saturated rings. The molecule has 0 spiro atoms. The molecule has 3 heteroatoms. The largest absolute Gasteiger partial charge is 0.483 e. The highest BCUT2D eigenvalue weighted by molar-refractivity contribution is 5.87. The predicted molar refractivity (Wildman–Crippen MR) is 66.3 cm³/mol. The molecule has 1 aliphatic heterocycles. The van der Waals surface area contributed by atoms with Gasteiger partial charge in [0.15, 0.2) is 6.10 Å². The Balaban J connectivity index is 2.11. The van der Waals surface area contributed by atoms with Gasteiger partial charge in [0.05, 0.1) is 6.54 Å². The highest BCUT2D eigenvalue weighted by atomic mass is 16.5. The summed E-state index contributed by atoms with van der Waals surface area (Å²) < 4.78 is 5.92. The average Bonchev–Trinajstić information content (AvgIpc) is 2.78. The Morgan fingerprint density at radius 2 is 2.19 bits per heavy atom. The van der Waals surface area contributed by atoms with Gasteiger partial charge >= 0.3 is 0 Å². The fourth-order valence-corrected chi connectivity index (χ4v) is 1.79. The van der Waals surface area contributed by atoms with E-state index in [1.165, 1.54) is 11.1 Å². The number of rotatable bonds is 3. The molecule has 2 rings (SSSR count). The number of ether oxygens (including phenoxy) is 1. The fraction of sp³-hybridized carbons (Fsp3) is 0.462. The molecule has 0 aliphatic carbocycles. The van der Waals surface area contributed by atoms with Crippen LogP contribution in [-0.4, -0.2) is 25.0 Å². The lowest BCUT2D eigenvalue weighted by molar-refractivity contribution is 0.282. The number of hydrogen-bond donors (Lipinski definition) is 1. The Hall–Kier alpha value is -1.51. The first-order valence-corrected chi connectivity index (χ1v) is 5.69. The van der Waals surface area contributed by atoms with Gasteiger partial charge in [-0.3, -0.25) is 4.99 Å². The molecule has 1 unspecified atom stereocenters. The number of benzene rings is 1. The monoisotopic (exact) mass is 218 g/mol. The van der Waals surface area contributed by atoms with Gasteiger partial charge in [0, 0.05) is 6.54 Å². The molecule has 0 amide bonds. The van der Waals surface area contributed by atoms with Crippen LogP contribution in [0, 0.1) is 13.8 Å². The van der Waals surface area contributed by atoms with Gasteiger partial charge in [-0.2, -0.15) is 0 Å². The van der Waals surface area contributed by atoms with E-state index in [2.05, 4.69) is 30.2 Å². The molecule has 0 bridgehead atoms. The summed E-state index contributed by atoms with van der Waals surface area (Å²) in [6.07, 6.45) is 0.00278. The zero-order valence-corrected chi connectivity index (χ0v) is 10.1. The zero-order valence-electron chi connectivity index (χ0n) is 10.1. The highest BCUT2D eigenvalue weighted by Crippen LogP contribution is 2.21. The number of nitrogens with zero attached hydrogens (tertiary/aromatic N) is 1. The third-order valence-corrected chi connectivity index (χ3v) is 2.94. The molecule has 3 nitrogen and oxygen atoms in total. The van der Waals surface area contributed by atoms with Gasteiger partial charge in [-0.25, -0.2) is 0 Å². The second-order valence-corrected chi connectivity index (χ2v) is 4.15. The van der Waals surface area contributed by atoms with Gasteiger partial charge in [-0.15, -0.1) is 0 Å². The van der Waals surface area contributed by atoms with E-state index in [-0.39, 0.29) is 6.10 Å². The summed E-state index contributed by atoms with van der Waals surface area (Å²) in [6, 6.07) is 6.13. The lowest BCUT2D eigenvalue weighted by Crippen LogP contribution is -2.33. The number of nitrogens with one attached hydrogen (secondary N) is 1. The second kappa shape index (κ2) is 4.56. The van der Waals surface area contributed by atoms with E-state index in [9.17, 15) is 0 Å². The fourth-order valence-electron chi connectivity index (χ4n) is 1.79. The van der Waals surface area contributed by atoms with Crippen LogP contribution in [0.3, 0.4) is 0 Å². The van der Waals surface area contributed by atoms with Crippen molar-refractivity contribution < 1.29 is 4.74 Å². The Morgan fingerprint density at radius 3 is 2.88 bits per heavy atom. The lowest BCUT2D eigenvalue weighted by atomic mass is 10.1. The SMILES string of the molecule is Cc1cccc(OC(C)C2=NCCN2)c1C. The Labute approximate surface area is 96.5 Å². The normalized spacial score (nSPS) is 16.6. The predicted octanol–water partition coefficient (Wildman–Crippen LogP) is 2.07. The molecular weight excluding hydrogens is 200 g/mol. The number of aliphatic imine (C=N–C) groups is 1. The van der Waals surface area contributed by atoms with Crippen molar-refractivity contribution in [2.24, 2.45) is 4.99 Å². The third-order valence-electron chi connectivity index (χ3n) is 2.94. The van der Waals surface area contributed by atoms with E-state index >= 15 is 0 Å². The van der Waals surface area contributed by atoms with E-state index in [0.717, 1.165) is 24.7 Å². The second-order valence-electron chi connectivity index (χ2n) is 4.15. The number of hydrogen-bond acceptors (Lipinski definition) is 3. The summed E-state index contributed by atoms with van der Waals surface area (Å²) >= 11 is 0. The van der Waals surface area contributed by atoms with E-state index in [1.807, 2.05) is 19.1 Å². The Kier molecular flexibility index (Phi) is 3.13. The molecular formula is C13H18N2O. The quantitative estimate of drug-likeness (QED) is 0.842. The maximum atomic E-state index is 5.92. The average molecular weight is 218 g/mol. The van der Waals surface area contributed by atoms with Crippen molar-refractivity contribution in [3.8, 4) is 5.75 Å². The van der Waals surface area contributed by atoms with Gasteiger partial charge in [0.1, 0.15) is 11.6 Å². The molecule has 1 aliphatic rings. The van der Waals surface area contributed by atoms with Crippen LogP contribution in [0.5, 0.6) is 5.75 Å². The van der Waals surface area contributed by atoms with Gasteiger partial charge in [0.2, 0.25) is 0 Å². The molecule has 0 radical (unpaired) electrons. The van der Waals surface area contributed by atoms with E-state index in [0.29, 0.717) is 0 Å². The molecule has 1 aromatic carbocycles. The third kappa shape index (κ3) is 2.18. The summed E-state index contributed by atoms with van der Waals surface area (Å²) in [7, 11) is 0. The summed E-state index contributed by atoms with van der Waals surface area (Å²) in [5.74, 6) is 1.91. The summed E-state index contributed by atoms with van der Waals surface area (Å²) in [6.45, 7) is 7.99. The van der Waals surface area contributed by atoms with Crippen LogP contribution in [0.4, 0.5) is 0 Å². The van der Waals surface area contributed by atoms with Crippen molar-refractivity contribution in [3.05, 3.63) is 29.3 Å². The van der Waals surface area contributed by atoms with Crippen molar-refractivity contribution in [2.75, 3.05) is 13.1 Å². The highest BCUT2D eigenvalue weighted by Gasteiger charge is 2.16. The van der Waals surface area contributed by atoms with Crippen molar-refractivity contribution in [1.82, 2.24) is 5.32 Å². The zero-order chi connectivity index (χ0) is 11.5. The van der Waals surface area contributed by atoms with Crippen LogP contribution < -0.4 is 10.1 Å². The first-order chi connectivity index (χ1) is 7.68. The van der Waals surface area contributed by atoms with Crippen molar-refractivity contribution in [3.63, 3.8) is 0 Å². The van der Waals surface area contributed by atoms with E-state index in [1.54, 1.807) is 0 Å². The molecule has 1 aromatic rings. The van der Waals surface area contributed by atoms with Gasteiger partial charge in [-0.05, 0) is 38.0 Å². The Morgan fingerprint density at radius 1 is 1.38 bits per heavy atom. The number of amidine groups is 1. The standard InChI is InChI=1S/C13H18N2O/c1-9-5-4-6-12(10(9)2)16-11(3)13-14-7-8-15-13/h4-6,11H,7-8H2,1-3H3,(H,14,15). The smallest absolute Gasteiger partial charge is 0.152 e. The minimum absolute atomic E-state index is 0.00278. The van der Waals surface area contributed by atoms with Gasteiger partial charge in [0.25, 0.3) is 0 Å². The molecule has 16 heavy (non-hydrogen) atoms. The molecule has 1 atom stereocenters. The maximum absolute atomic E-state index is 5.92. The first-order valence-electron chi connectivity index (χ1n) is 5.69. The molecule has 0 aromatic heterocycles. The molecule has 86 valence electrons. The first kappa shape index (κ1) is 11.0. The van der Waals surface area contributed by atoms with Crippen molar-refractivity contribution in [2.45, 2.75) is 26.9 Å². The van der Waals surface area contributed by atoms with E-state index < -0.39 is 0 Å². The van der Waals surface area contributed by atoms with Gasteiger partial charge in [-0.1, -0.05) is 12.1 Å². The van der Waals surface area contributed by atoms with Crippen LogP contribution in [-0.2, 0) is 0 Å². The lowest BCUT2D eigenvalue weighted by Gasteiger charge is -2.17. The molecule has 1 heterocycles. The van der Waals surface area contributed by atoms with Crippen LogP contribution in [0.15, 0.2) is 23.2 Å². The van der Waals surface area contributed by atoms with Crippen LogP contribution >= 0.6 is 0 Å². The number of aryl methyl sites for hydroxylation is 1. The van der Waals surface area contributed by atoms with Crippen LogP contribution in [0.2, 0.25) is 0 Å².